The number of pyridine rings is 1. The number of carbonyl (C=O) groups excluding carboxylic acids is 2. The second-order valence-corrected chi connectivity index (χ2v) is 4.09. The number of carbonyl (C=O) groups is 2. The Morgan fingerprint density at radius 3 is 2.72 bits per heavy atom. The molecule has 1 rings (SSSR count). The van der Waals surface area contributed by atoms with Crippen molar-refractivity contribution in [2.75, 3.05) is 13.6 Å². The number of rotatable bonds is 5. The van der Waals surface area contributed by atoms with E-state index < -0.39 is 0 Å². The molecule has 0 fully saturated rings. The molecule has 6 heteroatoms. The summed E-state index contributed by atoms with van der Waals surface area (Å²) in [6.07, 6.45) is 0.959. The molecule has 2 N–H and O–H groups in total. The van der Waals surface area contributed by atoms with E-state index in [1.54, 1.807) is 13.1 Å². The van der Waals surface area contributed by atoms with Gasteiger partial charge in [-0.15, -0.1) is 0 Å². The SMILES string of the molecule is CCc1cc(C(=O)NCCC(=O)NC)cc(Cl)n1. The van der Waals surface area contributed by atoms with Gasteiger partial charge in [0.05, 0.1) is 0 Å². The lowest BCUT2D eigenvalue weighted by atomic mass is 10.2. The molecule has 0 saturated carbocycles. The highest BCUT2D eigenvalue weighted by Crippen LogP contribution is 2.11. The summed E-state index contributed by atoms with van der Waals surface area (Å²) in [6, 6.07) is 3.21. The van der Waals surface area contributed by atoms with E-state index in [0.717, 1.165) is 5.69 Å². The first-order valence-electron chi connectivity index (χ1n) is 5.72. The van der Waals surface area contributed by atoms with Crippen molar-refractivity contribution >= 4 is 23.4 Å². The second-order valence-electron chi connectivity index (χ2n) is 3.70. The van der Waals surface area contributed by atoms with Gasteiger partial charge in [0.2, 0.25) is 5.91 Å². The van der Waals surface area contributed by atoms with Crippen molar-refractivity contribution < 1.29 is 9.59 Å². The standard InChI is InChI=1S/C12H16ClN3O2/c1-3-9-6-8(7-10(13)16-9)12(18)15-5-4-11(17)14-2/h6-7H,3-5H2,1-2H3,(H,14,17)(H,15,18). The van der Waals surface area contributed by atoms with E-state index in [1.807, 2.05) is 6.92 Å². The van der Waals surface area contributed by atoms with Crippen molar-refractivity contribution in [3.63, 3.8) is 0 Å². The highest BCUT2D eigenvalue weighted by molar-refractivity contribution is 6.29. The van der Waals surface area contributed by atoms with Crippen LogP contribution < -0.4 is 10.6 Å². The molecule has 1 aromatic heterocycles. The Morgan fingerprint density at radius 1 is 1.39 bits per heavy atom. The number of hydrogen-bond acceptors (Lipinski definition) is 3. The third-order valence-corrected chi connectivity index (χ3v) is 2.58. The van der Waals surface area contributed by atoms with E-state index in [2.05, 4.69) is 15.6 Å². The van der Waals surface area contributed by atoms with Gasteiger partial charge in [0.15, 0.2) is 0 Å². The summed E-state index contributed by atoms with van der Waals surface area (Å²) in [5, 5.41) is 5.44. The van der Waals surface area contributed by atoms with Gasteiger partial charge in [-0.05, 0) is 18.6 Å². The zero-order valence-corrected chi connectivity index (χ0v) is 11.2. The quantitative estimate of drug-likeness (QED) is 0.788. The van der Waals surface area contributed by atoms with Crippen molar-refractivity contribution in [2.45, 2.75) is 19.8 Å². The average molecular weight is 270 g/mol. The van der Waals surface area contributed by atoms with E-state index >= 15 is 0 Å². The Balaban J connectivity index is 2.61. The van der Waals surface area contributed by atoms with Crippen molar-refractivity contribution in [1.29, 1.82) is 0 Å². The Bertz CT molecular complexity index is 449. The minimum atomic E-state index is -0.252. The Labute approximate surface area is 111 Å². The summed E-state index contributed by atoms with van der Waals surface area (Å²) in [7, 11) is 1.56. The molecule has 1 aromatic rings. The second kappa shape index (κ2) is 6.96. The van der Waals surface area contributed by atoms with Crippen LogP contribution in [0.4, 0.5) is 0 Å². The van der Waals surface area contributed by atoms with Crippen LogP contribution in [0.2, 0.25) is 5.15 Å². The van der Waals surface area contributed by atoms with E-state index in [-0.39, 0.29) is 18.2 Å². The van der Waals surface area contributed by atoms with Crippen molar-refractivity contribution in [2.24, 2.45) is 0 Å². The minimum Gasteiger partial charge on any atom is -0.359 e. The van der Waals surface area contributed by atoms with Crippen molar-refractivity contribution in [3.8, 4) is 0 Å². The third-order valence-electron chi connectivity index (χ3n) is 2.39. The van der Waals surface area contributed by atoms with Gasteiger partial charge in [0.1, 0.15) is 5.15 Å². The molecule has 18 heavy (non-hydrogen) atoms. The number of aromatic nitrogens is 1. The molecule has 0 aliphatic heterocycles. The maximum atomic E-state index is 11.8. The van der Waals surface area contributed by atoms with E-state index in [0.29, 0.717) is 23.7 Å². The summed E-state index contributed by atoms with van der Waals surface area (Å²) < 4.78 is 0. The zero-order valence-electron chi connectivity index (χ0n) is 10.4. The van der Waals surface area contributed by atoms with Gasteiger partial charge in [-0.25, -0.2) is 4.98 Å². The van der Waals surface area contributed by atoms with Crippen LogP contribution in [0, 0.1) is 0 Å². The van der Waals surface area contributed by atoms with Crippen molar-refractivity contribution in [3.05, 3.63) is 28.5 Å². The first kappa shape index (κ1) is 14.4. The fourth-order valence-corrected chi connectivity index (χ4v) is 1.61. The molecule has 0 saturated heterocycles. The molecule has 0 atom stereocenters. The Hall–Kier alpha value is -1.62. The van der Waals surface area contributed by atoms with Crippen LogP contribution in [0.15, 0.2) is 12.1 Å². The Morgan fingerprint density at radius 2 is 2.11 bits per heavy atom. The van der Waals surface area contributed by atoms with Gasteiger partial charge < -0.3 is 10.6 Å². The number of amides is 2. The van der Waals surface area contributed by atoms with Gasteiger partial charge in [0, 0.05) is 31.3 Å². The van der Waals surface area contributed by atoms with E-state index in [1.165, 1.54) is 6.07 Å². The molecule has 0 unspecified atom stereocenters. The smallest absolute Gasteiger partial charge is 0.251 e. The summed E-state index contributed by atoms with van der Waals surface area (Å²) in [5.74, 6) is -0.366. The lowest BCUT2D eigenvalue weighted by molar-refractivity contribution is -0.120. The lowest BCUT2D eigenvalue weighted by Gasteiger charge is -2.06. The predicted octanol–water partition coefficient (Wildman–Crippen LogP) is 1.16. The summed E-state index contributed by atoms with van der Waals surface area (Å²) in [6.45, 7) is 2.23. The topological polar surface area (TPSA) is 71.1 Å². The zero-order chi connectivity index (χ0) is 13.5. The number of hydrogen-bond donors (Lipinski definition) is 2. The molecular weight excluding hydrogens is 254 g/mol. The molecule has 0 spiro atoms. The van der Waals surface area contributed by atoms with Crippen LogP contribution in [0.25, 0.3) is 0 Å². The third kappa shape index (κ3) is 4.33. The molecule has 0 radical (unpaired) electrons. The molecule has 0 bridgehead atoms. The largest absolute Gasteiger partial charge is 0.359 e. The first-order chi connectivity index (χ1) is 8.56. The molecule has 5 nitrogen and oxygen atoms in total. The molecule has 0 aliphatic rings. The number of nitrogens with one attached hydrogen (secondary N) is 2. The molecule has 2 amide bonds. The highest BCUT2D eigenvalue weighted by Gasteiger charge is 2.09. The summed E-state index contributed by atoms with van der Waals surface area (Å²) in [4.78, 5) is 26.9. The van der Waals surface area contributed by atoms with Crippen LogP contribution in [-0.2, 0) is 11.2 Å². The lowest BCUT2D eigenvalue weighted by Crippen LogP contribution is -2.29. The van der Waals surface area contributed by atoms with Crippen LogP contribution in [0.1, 0.15) is 29.4 Å². The highest BCUT2D eigenvalue weighted by atomic mass is 35.5. The van der Waals surface area contributed by atoms with Crippen LogP contribution in [0.3, 0.4) is 0 Å². The maximum absolute atomic E-state index is 11.8. The van der Waals surface area contributed by atoms with Crippen LogP contribution >= 0.6 is 11.6 Å². The van der Waals surface area contributed by atoms with E-state index in [4.69, 9.17) is 11.6 Å². The average Bonchev–Trinajstić information content (AvgIpc) is 2.37. The fourth-order valence-electron chi connectivity index (χ4n) is 1.38. The van der Waals surface area contributed by atoms with Gasteiger partial charge >= 0.3 is 0 Å². The van der Waals surface area contributed by atoms with Crippen molar-refractivity contribution in [1.82, 2.24) is 15.6 Å². The first-order valence-corrected chi connectivity index (χ1v) is 6.09. The van der Waals surface area contributed by atoms with Gasteiger partial charge in [0.25, 0.3) is 5.91 Å². The molecule has 98 valence electrons. The summed E-state index contributed by atoms with van der Waals surface area (Å²) >= 11 is 5.82. The fraction of sp³-hybridized carbons (Fsp3) is 0.417. The molecular formula is C12H16ClN3O2. The number of nitrogens with zero attached hydrogens (tertiary/aromatic N) is 1. The number of aryl methyl sites for hydroxylation is 1. The predicted molar refractivity (Wildman–Crippen MR) is 69.6 cm³/mol. The van der Waals surface area contributed by atoms with Crippen LogP contribution in [0.5, 0.6) is 0 Å². The normalized spacial score (nSPS) is 9.94. The molecule has 0 aliphatic carbocycles. The van der Waals surface area contributed by atoms with Crippen LogP contribution in [-0.4, -0.2) is 30.4 Å². The Kier molecular flexibility index (Phi) is 5.58. The van der Waals surface area contributed by atoms with E-state index in [9.17, 15) is 9.59 Å². The minimum absolute atomic E-state index is 0.114. The van der Waals surface area contributed by atoms with Gasteiger partial charge in [-0.2, -0.15) is 0 Å². The molecule has 1 heterocycles. The number of halogens is 1. The van der Waals surface area contributed by atoms with Gasteiger partial charge in [-0.3, -0.25) is 9.59 Å². The molecule has 0 aromatic carbocycles. The summed E-state index contributed by atoms with van der Waals surface area (Å²) in [5.41, 5.74) is 1.22. The van der Waals surface area contributed by atoms with Gasteiger partial charge in [-0.1, -0.05) is 18.5 Å². The maximum Gasteiger partial charge on any atom is 0.251 e. The monoisotopic (exact) mass is 269 g/mol.